The lowest BCUT2D eigenvalue weighted by Gasteiger charge is -2.33. The number of rotatable bonds is 5. The van der Waals surface area contributed by atoms with Gasteiger partial charge in [0.1, 0.15) is 16.9 Å². The van der Waals surface area contributed by atoms with Crippen molar-refractivity contribution in [3.8, 4) is 22.0 Å². The molecule has 3 aromatic rings. The van der Waals surface area contributed by atoms with Crippen molar-refractivity contribution in [3.63, 3.8) is 0 Å². The van der Waals surface area contributed by atoms with E-state index >= 15 is 4.39 Å². The lowest BCUT2D eigenvalue weighted by atomic mass is 9.85. The highest BCUT2D eigenvalue weighted by Crippen LogP contribution is 2.42. The number of phenolic OH excluding ortho intramolecular Hbond substituents is 1. The molecule has 5 atom stereocenters. The van der Waals surface area contributed by atoms with Crippen LogP contribution in [0, 0.1) is 5.92 Å². The minimum Gasteiger partial charge on any atom is -0.507 e. The molecule has 0 unspecified atom stereocenters. The molecule has 0 aliphatic carbocycles. The standard InChI is InChI=1S/C21H22FN5O2S/c1-11(14-8-15-18(29-2)9-16(24-15)19(14)22)20-25-26-21(30-20)13-4-3-12(7-17(13)28)27-6-5-23-10-27/h3-7,10,14-16,18-19,24,28H,1,8-9H2,2H3/t14-,15-,16-,18+,19-/m0/s1. The summed E-state index contributed by atoms with van der Waals surface area (Å²) in [5.74, 6) is -0.222. The van der Waals surface area contributed by atoms with Crippen LogP contribution in [0.5, 0.6) is 5.75 Å². The fourth-order valence-electron chi connectivity index (χ4n) is 4.48. The Bertz CT molecular complexity index is 1070. The Balaban J connectivity index is 1.37. The Hall–Kier alpha value is -2.62. The molecular formula is C21H22FN5O2S. The smallest absolute Gasteiger partial charge is 0.151 e. The topological polar surface area (TPSA) is 85.1 Å². The number of nitrogens with one attached hydrogen (secondary N) is 1. The fraction of sp³-hybridized carbons (Fsp3) is 0.381. The van der Waals surface area contributed by atoms with Crippen LogP contribution in [0.25, 0.3) is 21.8 Å². The van der Waals surface area contributed by atoms with Crippen molar-refractivity contribution in [2.75, 3.05) is 7.11 Å². The molecule has 4 heterocycles. The molecule has 0 saturated carbocycles. The molecule has 2 N–H and O–H groups in total. The number of fused-ring (bicyclic) bond motifs is 2. The highest BCUT2D eigenvalue weighted by Gasteiger charge is 2.48. The van der Waals surface area contributed by atoms with Crippen LogP contribution in [0.15, 0.2) is 43.5 Å². The highest BCUT2D eigenvalue weighted by molar-refractivity contribution is 7.15. The highest BCUT2D eigenvalue weighted by atomic mass is 32.1. The second-order valence-electron chi connectivity index (χ2n) is 7.79. The second kappa shape index (κ2) is 7.57. The first-order chi connectivity index (χ1) is 14.5. The summed E-state index contributed by atoms with van der Waals surface area (Å²) in [6.45, 7) is 4.15. The fourth-order valence-corrected chi connectivity index (χ4v) is 5.39. The third-order valence-corrected chi connectivity index (χ3v) is 7.14. The number of aromatic hydroxyl groups is 1. The van der Waals surface area contributed by atoms with Gasteiger partial charge in [0, 0.05) is 43.6 Å². The molecule has 2 saturated heterocycles. The van der Waals surface area contributed by atoms with Gasteiger partial charge in [0.25, 0.3) is 0 Å². The summed E-state index contributed by atoms with van der Waals surface area (Å²) < 4.78 is 22.4. The number of nitrogens with zero attached hydrogens (tertiary/aromatic N) is 4. The van der Waals surface area contributed by atoms with Crippen molar-refractivity contribution in [2.45, 2.75) is 37.2 Å². The van der Waals surface area contributed by atoms with Gasteiger partial charge in [-0.05, 0) is 30.5 Å². The van der Waals surface area contributed by atoms with E-state index in [0.29, 0.717) is 34.0 Å². The van der Waals surface area contributed by atoms with Crippen LogP contribution < -0.4 is 5.32 Å². The van der Waals surface area contributed by atoms with Gasteiger partial charge in [-0.1, -0.05) is 17.9 Å². The van der Waals surface area contributed by atoms with Crippen molar-refractivity contribution < 1.29 is 14.2 Å². The quantitative estimate of drug-likeness (QED) is 0.650. The van der Waals surface area contributed by atoms with Crippen LogP contribution >= 0.6 is 11.3 Å². The average Bonchev–Trinajstić information content (AvgIpc) is 3.50. The first-order valence-electron chi connectivity index (χ1n) is 9.82. The number of alkyl halides is 1. The van der Waals surface area contributed by atoms with E-state index in [9.17, 15) is 5.11 Å². The van der Waals surface area contributed by atoms with Gasteiger partial charge >= 0.3 is 0 Å². The number of benzene rings is 1. The lowest BCUT2D eigenvalue weighted by molar-refractivity contribution is 0.0865. The van der Waals surface area contributed by atoms with Crippen molar-refractivity contribution in [2.24, 2.45) is 5.92 Å². The zero-order chi connectivity index (χ0) is 20.8. The normalized spacial score (nSPS) is 28.0. The molecule has 7 nitrogen and oxygen atoms in total. The maximum Gasteiger partial charge on any atom is 0.151 e. The summed E-state index contributed by atoms with van der Waals surface area (Å²) in [5, 5.41) is 23.5. The largest absolute Gasteiger partial charge is 0.507 e. The van der Waals surface area contributed by atoms with Gasteiger partial charge in [-0.3, -0.25) is 0 Å². The summed E-state index contributed by atoms with van der Waals surface area (Å²) in [7, 11) is 1.67. The van der Waals surface area contributed by atoms with E-state index in [1.807, 2.05) is 6.07 Å². The monoisotopic (exact) mass is 427 g/mol. The third kappa shape index (κ3) is 3.23. The summed E-state index contributed by atoms with van der Waals surface area (Å²) >= 11 is 1.32. The van der Waals surface area contributed by atoms with Gasteiger partial charge in [-0.15, -0.1) is 10.2 Å². The number of hydrogen-bond donors (Lipinski definition) is 2. The molecule has 2 aliphatic rings. The minimum atomic E-state index is -1.04. The van der Waals surface area contributed by atoms with Crippen LogP contribution in [0.1, 0.15) is 17.8 Å². The van der Waals surface area contributed by atoms with Crippen LogP contribution in [0.2, 0.25) is 0 Å². The molecule has 0 radical (unpaired) electrons. The predicted octanol–water partition coefficient (Wildman–Crippen LogP) is 3.21. The Labute approximate surface area is 177 Å². The number of hydrogen-bond acceptors (Lipinski definition) is 7. The zero-order valence-corrected chi connectivity index (χ0v) is 17.2. The molecule has 0 amide bonds. The number of imidazole rings is 1. The maximum atomic E-state index is 15.1. The Morgan fingerprint density at radius 2 is 2.20 bits per heavy atom. The molecule has 0 spiro atoms. The number of phenols is 1. The molecule has 1 aromatic carbocycles. The van der Waals surface area contributed by atoms with Crippen molar-refractivity contribution in [1.82, 2.24) is 25.1 Å². The Morgan fingerprint density at radius 3 is 2.93 bits per heavy atom. The van der Waals surface area contributed by atoms with Gasteiger partial charge in [0.05, 0.1) is 23.7 Å². The number of allylic oxidation sites excluding steroid dienone is 1. The molecule has 2 bridgehead atoms. The van der Waals surface area contributed by atoms with Gasteiger partial charge in [-0.2, -0.15) is 0 Å². The van der Waals surface area contributed by atoms with E-state index in [2.05, 4.69) is 27.1 Å². The predicted molar refractivity (Wildman–Crippen MR) is 112 cm³/mol. The summed E-state index contributed by atoms with van der Waals surface area (Å²) in [6, 6.07) is 5.23. The van der Waals surface area contributed by atoms with Crippen molar-refractivity contribution >= 4 is 16.9 Å². The van der Waals surface area contributed by atoms with Crippen LogP contribution in [0.4, 0.5) is 4.39 Å². The number of aromatic nitrogens is 4. The molecule has 5 rings (SSSR count). The molecule has 2 aliphatic heterocycles. The minimum absolute atomic E-state index is 0.0296. The van der Waals surface area contributed by atoms with E-state index in [0.717, 1.165) is 5.69 Å². The van der Waals surface area contributed by atoms with E-state index in [1.54, 1.807) is 42.5 Å². The first kappa shape index (κ1) is 19.3. The summed E-state index contributed by atoms with van der Waals surface area (Å²) in [6.07, 6.45) is 5.42. The summed E-state index contributed by atoms with van der Waals surface area (Å²) in [5.41, 5.74) is 2.03. The number of methoxy groups -OCH3 is 1. The van der Waals surface area contributed by atoms with Gasteiger partial charge in [-0.25, -0.2) is 9.37 Å². The van der Waals surface area contributed by atoms with E-state index < -0.39 is 6.17 Å². The lowest BCUT2D eigenvalue weighted by Crippen LogP contribution is -2.48. The molecule has 30 heavy (non-hydrogen) atoms. The zero-order valence-electron chi connectivity index (χ0n) is 16.4. The molecule has 2 aromatic heterocycles. The summed E-state index contributed by atoms with van der Waals surface area (Å²) in [4.78, 5) is 4.02. The second-order valence-corrected chi connectivity index (χ2v) is 8.76. The van der Waals surface area contributed by atoms with Crippen LogP contribution in [-0.4, -0.2) is 56.3 Å². The van der Waals surface area contributed by atoms with Crippen molar-refractivity contribution in [3.05, 3.63) is 48.5 Å². The van der Waals surface area contributed by atoms with Gasteiger partial charge < -0.3 is 19.7 Å². The van der Waals surface area contributed by atoms with Crippen LogP contribution in [0.3, 0.4) is 0 Å². The van der Waals surface area contributed by atoms with E-state index in [-0.39, 0.29) is 29.9 Å². The number of ether oxygens (including phenoxy) is 1. The molecular weight excluding hydrogens is 405 g/mol. The van der Waals surface area contributed by atoms with Crippen molar-refractivity contribution in [1.29, 1.82) is 0 Å². The van der Waals surface area contributed by atoms with Crippen LogP contribution in [-0.2, 0) is 4.74 Å². The van der Waals surface area contributed by atoms with Gasteiger partial charge in [0.15, 0.2) is 5.01 Å². The molecule has 9 heteroatoms. The number of piperidine rings is 1. The first-order valence-corrected chi connectivity index (χ1v) is 10.6. The van der Waals surface area contributed by atoms with E-state index in [1.165, 1.54) is 11.3 Å². The van der Waals surface area contributed by atoms with Gasteiger partial charge in [0.2, 0.25) is 0 Å². The molecule has 156 valence electrons. The number of halogens is 1. The molecule has 2 fully saturated rings. The Morgan fingerprint density at radius 1 is 1.33 bits per heavy atom. The Kier molecular flexibility index (Phi) is 4.88. The third-order valence-electron chi connectivity index (χ3n) is 6.10. The van der Waals surface area contributed by atoms with E-state index in [4.69, 9.17) is 4.74 Å². The SMILES string of the molecule is C=C(c1nnc(-c2ccc(-n3ccnc3)cc2O)s1)[C@@H]1C[C@@H]2N[C@@H](C[C@H]2OC)[C@H]1F. The maximum absolute atomic E-state index is 15.1. The average molecular weight is 428 g/mol.